The summed E-state index contributed by atoms with van der Waals surface area (Å²) in [6, 6.07) is 9.85. The van der Waals surface area contributed by atoms with E-state index in [1.54, 1.807) is 0 Å². The van der Waals surface area contributed by atoms with Crippen LogP contribution in [-0.2, 0) is 4.79 Å². The fraction of sp³-hybridized carbons (Fsp3) is 0.429. The Morgan fingerprint density at radius 3 is 2.47 bits per heavy atom. The van der Waals surface area contributed by atoms with Gasteiger partial charge in [0, 0.05) is 13.6 Å². The van der Waals surface area contributed by atoms with Crippen LogP contribution >= 0.6 is 0 Å². The van der Waals surface area contributed by atoms with E-state index in [4.69, 9.17) is 0 Å². The zero-order valence-corrected chi connectivity index (χ0v) is 11.4. The van der Waals surface area contributed by atoms with E-state index in [-0.39, 0.29) is 18.5 Å². The molecule has 0 saturated carbocycles. The highest BCUT2D eigenvalue weighted by Gasteiger charge is 2.06. The summed E-state index contributed by atoms with van der Waals surface area (Å²) in [5.41, 5.74) is 1.26. The van der Waals surface area contributed by atoms with Gasteiger partial charge in [0.1, 0.15) is 0 Å². The van der Waals surface area contributed by atoms with Crippen LogP contribution in [0.1, 0.15) is 24.8 Å². The molecule has 3 amide bonds. The number of nitrogens with one attached hydrogen (secondary N) is 3. The molecule has 0 radical (unpaired) electrons. The summed E-state index contributed by atoms with van der Waals surface area (Å²) in [6.45, 7) is 2.70. The van der Waals surface area contributed by atoms with Gasteiger partial charge in [0.15, 0.2) is 0 Å². The highest BCUT2D eigenvalue weighted by molar-refractivity contribution is 5.83. The Morgan fingerprint density at radius 2 is 1.84 bits per heavy atom. The summed E-state index contributed by atoms with van der Waals surface area (Å²) >= 11 is 0. The van der Waals surface area contributed by atoms with Crippen LogP contribution in [-0.4, -0.2) is 32.1 Å². The minimum atomic E-state index is -0.316. The Kier molecular flexibility index (Phi) is 6.43. The van der Waals surface area contributed by atoms with Gasteiger partial charge in [-0.05, 0) is 17.9 Å². The van der Waals surface area contributed by atoms with Crippen LogP contribution in [0, 0.1) is 0 Å². The van der Waals surface area contributed by atoms with Gasteiger partial charge in [-0.15, -0.1) is 0 Å². The molecule has 0 aromatic heterocycles. The molecule has 0 heterocycles. The Hall–Kier alpha value is -2.04. The Morgan fingerprint density at radius 1 is 1.16 bits per heavy atom. The van der Waals surface area contributed by atoms with Crippen molar-refractivity contribution >= 4 is 11.9 Å². The number of hydrogen-bond donors (Lipinski definition) is 3. The van der Waals surface area contributed by atoms with E-state index in [1.165, 1.54) is 12.6 Å². The molecule has 1 aromatic rings. The molecule has 104 valence electrons. The first kappa shape index (κ1) is 15.0. The van der Waals surface area contributed by atoms with Crippen LogP contribution in [0.25, 0.3) is 0 Å². The standard InChI is InChI=1S/C14H21N3O2/c1-11(12-6-4-3-5-7-12)8-9-16-14(19)17-10-13(18)15-2/h3-7,11H,8-10H2,1-2H3,(H,15,18)(H2,16,17,19)/t11-/m1/s1. The van der Waals surface area contributed by atoms with Gasteiger partial charge < -0.3 is 16.0 Å². The zero-order valence-electron chi connectivity index (χ0n) is 11.4. The van der Waals surface area contributed by atoms with Gasteiger partial charge in [-0.1, -0.05) is 37.3 Å². The largest absolute Gasteiger partial charge is 0.358 e. The van der Waals surface area contributed by atoms with Crippen LogP contribution in [0.5, 0.6) is 0 Å². The first-order valence-electron chi connectivity index (χ1n) is 6.40. The van der Waals surface area contributed by atoms with E-state index in [0.29, 0.717) is 12.5 Å². The first-order valence-corrected chi connectivity index (χ1v) is 6.40. The molecule has 0 aliphatic heterocycles. The molecule has 19 heavy (non-hydrogen) atoms. The van der Waals surface area contributed by atoms with E-state index in [0.717, 1.165) is 6.42 Å². The summed E-state index contributed by atoms with van der Waals surface area (Å²) < 4.78 is 0. The smallest absolute Gasteiger partial charge is 0.315 e. The molecule has 5 heteroatoms. The van der Waals surface area contributed by atoms with E-state index in [1.807, 2.05) is 18.2 Å². The molecule has 5 nitrogen and oxygen atoms in total. The molecular weight excluding hydrogens is 242 g/mol. The van der Waals surface area contributed by atoms with E-state index in [2.05, 4.69) is 35.0 Å². The molecule has 0 spiro atoms. The summed E-state index contributed by atoms with van der Waals surface area (Å²) in [6.07, 6.45) is 0.859. The van der Waals surface area contributed by atoms with Crippen LogP contribution in [0.3, 0.4) is 0 Å². The van der Waals surface area contributed by atoms with Crippen molar-refractivity contribution in [2.75, 3.05) is 20.1 Å². The monoisotopic (exact) mass is 263 g/mol. The number of hydrogen-bond acceptors (Lipinski definition) is 2. The van der Waals surface area contributed by atoms with E-state index >= 15 is 0 Å². The minimum Gasteiger partial charge on any atom is -0.358 e. The number of amides is 3. The second-order valence-corrected chi connectivity index (χ2v) is 4.38. The SMILES string of the molecule is CNC(=O)CNC(=O)NCC[C@@H](C)c1ccccc1. The van der Waals surface area contributed by atoms with Crippen molar-refractivity contribution in [2.24, 2.45) is 0 Å². The van der Waals surface area contributed by atoms with Gasteiger partial charge in [0.05, 0.1) is 6.54 Å². The van der Waals surface area contributed by atoms with Gasteiger partial charge in [-0.2, -0.15) is 0 Å². The predicted molar refractivity (Wildman–Crippen MR) is 74.9 cm³/mol. The van der Waals surface area contributed by atoms with Gasteiger partial charge >= 0.3 is 6.03 Å². The number of likely N-dealkylation sites (N-methyl/N-ethyl adjacent to an activating group) is 1. The molecule has 0 bridgehead atoms. The second-order valence-electron chi connectivity index (χ2n) is 4.38. The molecule has 0 aliphatic carbocycles. The normalized spacial score (nSPS) is 11.5. The highest BCUT2D eigenvalue weighted by Crippen LogP contribution is 2.17. The Bertz CT molecular complexity index is 406. The molecule has 0 fully saturated rings. The first-order chi connectivity index (χ1) is 9.13. The van der Waals surface area contributed by atoms with Crippen LogP contribution in [0.4, 0.5) is 4.79 Å². The van der Waals surface area contributed by atoms with Crippen molar-refractivity contribution in [1.29, 1.82) is 0 Å². The van der Waals surface area contributed by atoms with Gasteiger partial charge in [0.25, 0.3) is 0 Å². The molecule has 1 atom stereocenters. The average Bonchev–Trinajstić information content (AvgIpc) is 2.45. The average molecular weight is 263 g/mol. The van der Waals surface area contributed by atoms with Crippen molar-refractivity contribution < 1.29 is 9.59 Å². The number of urea groups is 1. The predicted octanol–water partition coefficient (Wildman–Crippen LogP) is 1.23. The summed E-state index contributed by atoms with van der Waals surface area (Å²) in [4.78, 5) is 22.3. The molecule has 0 saturated heterocycles. The van der Waals surface area contributed by atoms with Crippen LogP contribution < -0.4 is 16.0 Å². The minimum absolute atomic E-state index is 0.00340. The van der Waals surface area contributed by atoms with Crippen LogP contribution in [0.2, 0.25) is 0 Å². The van der Waals surface area contributed by atoms with Gasteiger partial charge in [0.2, 0.25) is 5.91 Å². The van der Waals surface area contributed by atoms with Crippen molar-refractivity contribution in [2.45, 2.75) is 19.3 Å². The topological polar surface area (TPSA) is 70.2 Å². The third-order valence-electron chi connectivity index (χ3n) is 2.92. The quantitative estimate of drug-likeness (QED) is 0.722. The highest BCUT2D eigenvalue weighted by atomic mass is 16.2. The number of benzene rings is 1. The lowest BCUT2D eigenvalue weighted by Crippen LogP contribution is -2.41. The fourth-order valence-corrected chi connectivity index (χ4v) is 1.66. The van der Waals surface area contributed by atoms with Crippen molar-refractivity contribution in [3.8, 4) is 0 Å². The maximum absolute atomic E-state index is 11.4. The Labute approximate surface area is 113 Å². The second kappa shape index (κ2) is 8.13. The van der Waals surface area contributed by atoms with Crippen molar-refractivity contribution in [3.63, 3.8) is 0 Å². The Balaban J connectivity index is 2.19. The lowest BCUT2D eigenvalue weighted by molar-refractivity contribution is -0.119. The molecule has 1 aromatic carbocycles. The molecule has 1 rings (SSSR count). The van der Waals surface area contributed by atoms with Crippen LogP contribution in [0.15, 0.2) is 30.3 Å². The summed E-state index contributed by atoms with van der Waals surface area (Å²) in [5.74, 6) is 0.174. The van der Waals surface area contributed by atoms with Crippen molar-refractivity contribution in [3.05, 3.63) is 35.9 Å². The lowest BCUT2D eigenvalue weighted by atomic mass is 9.98. The molecule has 3 N–H and O–H groups in total. The lowest BCUT2D eigenvalue weighted by Gasteiger charge is -2.12. The van der Waals surface area contributed by atoms with Crippen molar-refractivity contribution in [1.82, 2.24) is 16.0 Å². The summed E-state index contributed by atoms with van der Waals surface area (Å²) in [5, 5.41) is 7.65. The molecule has 0 unspecified atom stereocenters. The zero-order chi connectivity index (χ0) is 14.1. The fourth-order valence-electron chi connectivity index (χ4n) is 1.66. The van der Waals surface area contributed by atoms with Gasteiger partial charge in [-0.3, -0.25) is 4.79 Å². The van der Waals surface area contributed by atoms with E-state index in [9.17, 15) is 9.59 Å². The maximum Gasteiger partial charge on any atom is 0.315 e. The van der Waals surface area contributed by atoms with Gasteiger partial charge in [-0.25, -0.2) is 4.79 Å². The van der Waals surface area contributed by atoms with E-state index < -0.39 is 0 Å². The number of carbonyl (C=O) groups is 2. The maximum atomic E-state index is 11.4. The molecule has 0 aliphatic rings. The summed E-state index contributed by atoms with van der Waals surface area (Å²) in [7, 11) is 1.53. The molecular formula is C14H21N3O2. The number of carbonyl (C=O) groups excluding carboxylic acids is 2. The third-order valence-corrected chi connectivity index (χ3v) is 2.92. The number of rotatable bonds is 6. The third kappa shape index (κ3) is 5.90.